The highest BCUT2D eigenvalue weighted by atomic mass is 32.2. The SMILES string of the molecule is Cc1ccccc1CSc1nnc(COc2cccc(C(F)(F)F)c2)n1C. The highest BCUT2D eigenvalue weighted by Crippen LogP contribution is 2.31. The number of rotatable bonds is 6. The normalized spacial score (nSPS) is 11.6. The number of benzene rings is 2. The lowest BCUT2D eigenvalue weighted by molar-refractivity contribution is -0.137. The van der Waals surface area contributed by atoms with E-state index in [2.05, 4.69) is 29.3 Å². The van der Waals surface area contributed by atoms with Crippen LogP contribution in [0.2, 0.25) is 0 Å². The molecule has 0 N–H and O–H groups in total. The average molecular weight is 393 g/mol. The number of ether oxygens (including phenoxy) is 1. The van der Waals surface area contributed by atoms with Crippen molar-refractivity contribution in [2.75, 3.05) is 0 Å². The third-order valence-electron chi connectivity index (χ3n) is 4.07. The fourth-order valence-electron chi connectivity index (χ4n) is 2.42. The lowest BCUT2D eigenvalue weighted by Gasteiger charge is -2.10. The van der Waals surface area contributed by atoms with Crippen LogP contribution in [0.25, 0.3) is 0 Å². The first-order valence-corrected chi connectivity index (χ1v) is 9.19. The third-order valence-corrected chi connectivity index (χ3v) is 5.14. The van der Waals surface area contributed by atoms with Crippen molar-refractivity contribution in [1.82, 2.24) is 14.8 Å². The van der Waals surface area contributed by atoms with Gasteiger partial charge in [-0.15, -0.1) is 10.2 Å². The molecule has 2 aromatic carbocycles. The zero-order valence-corrected chi connectivity index (χ0v) is 15.6. The molecule has 4 nitrogen and oxygen atoms in total. The lowest BCUT2D eigenvalue weighted by Crippen LogP contribution is -2.07. The molecule has 3 aromatic rings. The second-order valence-corrected chi connectivity index (χ2v) is 6.93. The fraction of sp³-hybridized carbons (Fsp3) is 0.263. The minimum absolute atomic E-state index is 0.0374. The van der Waals surface area contributed by atoms with Crippen LogP contribution >= 0.6 is 11.8 Å². The van der Waals surface area contributed by atoms with Crippen molar-refractivity contribution in [3.63, 3.8) is 0 Å². The topological polar surface area (TPSA) is 39.9 Å². The van der Waals surface area contributed by atoms with Gasteiger partial charge >= 0.3 is 6.18 Å². The van der Waals surface area contributed by atoms with Gasteiger partial charge in [-0.25, -0.2) is 0 Å². The van der Waals surface area contributed by atoms with E-state index < -0.39 is 11.7 Å². The molecule has 1 heterocycles. The van der Waals surface area contributed by atoms with Crippen LogP contribution in [0.15, 0.2) is 53.7 Å². The molecule has 8 heteroatoms. The first-order chi connectivity index (χ1) is 12.8. The van der Waals surface area contributed by atoms with Gasteiger partial charge in [0.25, 0.3) is 0 Å². The Morgan fingerprint density at radius 2 is 1.85 bits per heavy atom. The van der Waals surface area contributed by atoms with E-state index in [1.807, 2.05) is 19.2 Å². The van der Waals surface area contributed by atoms with Gasteiger partial charge in [0.15, 0.2) is 11.0 Å². The van der Waals surface area contributed by atoms with Crippen LogP contribution in [-0.2, 0) is 25.6 Å². The number of hydrogen-bond acceptors (Lipinski definition) is 4. The number of aromatic nitrogens is 3. The summed E-state index contributed by atoms with van der Waals surface area (Å²) in [4.78, 5) is 0. The molecule has 0 unspecified atom stereocenters. The van der Waals surface area contributed by atoms with Gasteiger partial charge in [0.1, 0.15) is 12.4 Å². The average Bonchev–Trinajstić information content (AvgIpc) is 2.99. The maximum absolute atomic E-state index is 12.8. The molecule has 142 valence electrons. The smallest absolute Gasteiger partial charge is 0.416 e. The van der Waals surface area contributed by atoms with E-state index in [-0.39, 0.29) is 12.4 Å². The molecular weight excluding hydrogens is 375 g/mol. The molecule has 0 saturated carbocycles. The monoisotopic (exact) mass is 393 g/mol. The second-order valence-electron chi connectivity index (χ2n) is 5.99. The van der Waals surface area contributed by atoms with E-state index in [9.17, 15) is 13.2 Å². The first kappa shape index (κ1) is 19.3. The van der Waals surface area contributed by atoms with Gasteiger partial charge in [-0.1, -0.05) is 42.1 Å². The van der Waals surface area contributed by atoms with Gasteiger partial charge in [-0.3, -0.25) is 0 Å². The fourth-order valence-corrected chi connectivity index (χ4v) is 3.43. The van der Waals surface area contributed by atoms with Gasteiger partial charge in [-0.2, -0.15) is 13.2 Å². The lowest BCUT2D eigenvalue weighted by atomic mass is 10.1. The summed E-state index contributed by atoms with van der Waals surface area (Å²) in [5.41, 5.74) is 1.68. The maximum atomic E-state index is 12.8. The summed E-state index contributed by atoms with van der Waals surface area (Å²) in [5, 5.41) is 8.95. The van der Waals surface area contributed by atoms with Crippen molar-refractivity contribution in [3.05, 3.63) is 71.0 Å². The van der Waals surface area contributed by atoms with Crippen molar-refractivity contribution in [1.29, 1.82) is 0 Å². The molecule has 0 fully saturated rings. The zero-order valence-electron chi connectivity index (χ0n) is 14.8. The van der Waals surface area contributed by atoms with E-state index in [1.54, 1.807) is 16.3 Å². The number of aryl methyl sites for hydroxylation is 1. The van der Waals surface area contributed by atoms with Gasteiger partial charge in [0, 0.05) is 12.8 Å². The standard InChI is InChI=1S/C19H18F3N3OS/c1-13-6-3-4-7-14(13)12-27-18-24-23-17(25(18)2)11-26-16-9-5-8-15(10-16)19(20,21)22/h3-10H,11-12H2,1-2H3. The number of alkyl halides is 3. The molecule has 0 amide bonds. The summed E-state index contributed by atoms with van der Waals surface area (Å²) in [6, 6.07) is 12.9. The van der Waals surface area contributed by atoms with E-state index in [4.69, 9.17) is 4.74 Å². The second kappa shape index (κ2) is 8.04. The molecule has 0 spiro atoms. The largest absolute Gasteiger partial charge is 0.486 e. The minimum atomic E-state index is -4.40. The summed E-state index contributed by atoms with van der Waals surface area (Å²) in [7, 11) is 1.81. The zero-order chi connectivity index (χ0) is 19.4. The van der Waals surface area contributed by atoms with Gasteiger partial charge in [-0.05, 0) is 36.2 Å². The molecule has 0 radical (unpaired) electrons. The van der Waals surface area contributed by atoms with Gasteiger partial charge < -0.3 is 9.30 Å². The van der Waals surface area contributed by atoms with E-state index in [0.717, 1.165) is 23.0 Å². The molecule has 0 saturated heterocycles. The Morgan fingerprint density at radius 1 is 1.07 bits per heavy atom. The number of halogens is 3. The van der Waals surface area contributed by atoms with Crippen LogP contribution < -0.4 is 4.74 Å². The molecular formula is C19H18F3N3OS. The first-order valence-electron chi connectivity index (χ1n) is 8.20. The van der Waals surface area contributed by atoms with Crippen molar-refractivity contribution < 1.29 is 17.9 Å². The summed E-state index contributed by atoms with van der Waals surface area (Å²) < 4.78 is 45.6. The van der Waals surface area contributed by atoms with Crippen molar-refractivity contribution in [2.24, 2.45) is 7.05 Å². The Hall–Kier alpha value is -2.48. The number of nitrogens with zero attached hydrogens (tertiary/aromatic N) is 3. The van der Waals surface area contributed by atoms with E-state index in [0.29, 0.717) is 5.82 Å². The molecule has 0 aliphatic rings. The predicted molar refractivity (Wildman–Crippen MR) is 97.5 cm³/mol. The van der Waals surface area contributed by atoms with Crippen LogP contribution in [-0.4, -0.2) is 14.8 Å². The van der Waals surface area contributed by atoms with Crippen molar-refractivity contribution in [3.8, 4) is 5.75 Å². The van der Waals surface area contributed by atoms with Crippen LogP contribution in [0.5, 0.6) is 5.75 Å². The van der Waals surface area contributed by atoms with E-state index >= 15 is 0 Å². The summed E-state index contributed by atoms with van der Waals surface area (Å²) in [6.07, 6.45) is -4.40. The molecule has 0 aliphatic carbocycles. The molecule has 3 rings (SSSR count). The third kappa shape index (κ3) is 4.82. The molecule has 27 heavy (non-hydrogen) atoms. The van der Waals surface area contributed by atoms with Crippen molar-refractivity contribution in [2.45, 2.75) is 30.6 Å². The highest BCUT2D eigenvalue weighted by Gasteiger charge is 2.30. The maximum Gasteiger partial charge on any atom is 0.416 e. The van der Waals surface area contributed by atoms with Crippen LogP contribution in [0.4, 0.5) is 13.2 Å². The Morgan fingerprint density at radius 3 is 2.59 bits per heavy atom. The van der Waals surface area contributed by atoms with Crippen LogP contribution in [0, 0.1) is 6.92 Å². The number of thioether (sulfide) groups is 1. The van der Waals surface area contributed by atoms with Gasteiger partial charge in [0.05, 0.1) is 5.56 Å². The summed E-state index contributed by atoms with van der Waals surface area (Å²) in [5.74, 6) is 1.44. The van der Waals surface area contributed by atoms with Crippen molar-refractivity contribution >= 4 is 11.8 Å². The molecule has 1 aromatic heterocycles. The number of hydrogen-bond donors (Lipinski definition) is 0. The molecule has 0 aliphatic heterocycles. The predicted octanol–water partition coefficient (Wildman–Crippen LogP) is 5.01. The van der Waals surface area contributed by atoms with Gasteiger partial charge in [0.2, 0.25) is 0 Å². The molecule has 0 bridgehead atoms. The Bertz CT molecular complexity index is 925. The summed E-state index contributed by atoms with van der Waals surface area (Å²) in [6.45, 7) is 2.09. The molecule has 0 atom stereocenters. The van der Waals surface area contributed by atoms with Crippen LogP contribution in [0.1, 0.15) is 22.5 Å². The summed E-state index contributed by atoms with van der Waals surface area (Å²) >= 11 is 1.55. The minimum Gasteiger partial charge on any atom is -0.486 e. The van der Waals surface area contributed by atoms with Crippen LogP contribution in [0.3, 0.4) is 0 Å². The Kier molecular flexibility index (Phi) is 5.74. The quantitative estimate of drug-likeness (QED) is 0.552. The highest BCUT2D eigenvalue weighted by molar-refractivity contribution is 7.98. The van der Waals surface area contributed by atoms with E-state index in [1.165, 1.54) is 23.3 Å². The Labute approximate surface area is 159 Å². The Balaban J connectivity index is 1.63.